The van der Waals surface area contributed by atoms with Crippen LogP contribution in [0.15, 0.2) is 0 Å². The summed E-state index contributed by atoms with van der Waals surface area (Å²) in [6.45, 7) is 2.98. The van der Waals surface area contributed by atoms with E-state index in [0.717, 1.165) is 42.4 Å². The number of aliphatic hydroxyl groups excluding tert-OH is 1. The Balaban J connectivity index is 1.61. The average Bonchev–Trinajstić information content (AvgIpc) is 2.78. The van der Waals surface area contributed by atoms with Gasteiger partial charge in [-0.05, 0) is 68.6 Å². The minimum atomic E-state index is 0.00170. The fourth-order valence-electron chi connectivity index (χ4n) is 5.83. The molecule has 4 nitrogen and oxygen atoms in total. The predicted molar refractivity (Wildman–Crippen MR) is 75.9 cm³/mol. The van der Waals surface area contributed by atoms with Gasteiger partial charge in [0.15, 0.2) is 5.82 Å². The summed E-state index contributed by atoms with van der Waals surface area (Å²) in [6.07, 6.45) is 9.76. The van der Waals surface area contributed by atoms with Crippen molar-refractivity contribution < 1.29 is 5.11 Å². The van der Waals surface area contributed by atoms with Gasteiger partial charge in [-0.25, -0.2) is 0 Å². The highest BCUT2D eigenvalue weighted by atomic mass is 16.3. The molecule has 4 heteroatoms. The Morgan fingerprint density at radius 2 is 1.60 bits per heavy atom. The molecule has 0 radical (unpaired) electrons. The number of aliphatic hydroxyl groups is 1. The Morgan fingerprint density at radius 1 is 1.05 bits per heavy atom. The van der Waals surface area contributed by atoms with Gasteiger partial charge in [0.25, 0.3) is 0 Å². The van der Waals surface area contributed by atoms with Crippen LogP contribution in [0.3, 0.4) is 0 Å². The number of rotatable bonds is 4. The molecule has 4 saturated carbocycles. The zero-order chi connectivity index (χ0) is 13.7. The van der Waals surface area contributed by atoms with E-state index in [1.807, 2.05) is 0 Å². The molecule has 4 aliphatic carbocycles. The van der Waals surface area contributed by atoms with Crippen molar-refractivity contribution in [1.29, 1.82) is 0 Å². The second-order valence-corrected chi connectivity index (χ2v) is 7.53. The molecule has 4 aliphatic rings. The number of nitrogens with zero attached hydrogens (tertiary/aromatic N) is 3. The van der Waals surface area contributed by atoms with E-state index in [0.29, 0.717) is 5.41 Å². The maximum Gasteiger partial charge on any atom is 0.158 e. The molecule has 0 spiro atoms. The molecule has 0 atom stereocenters. The topological polar surface area (TPSA) is 50.9 Å². The Hall–Kier alpha value is -0.900. The molecule has 1 heterocycles. The third-order valence-electron chi connectivity index (χ3n) is 6.06. The SMILES string of the molecule is CCn1c(CO)nnc1CC12CC3CC(CC(C3)C1)C2. The minimum Gasteiger partial charge on any atom is -0.388 e. The molecule has 1 N–H and O–H groups in total. The average molecular weight is 275 g/mol. The first-order valence-electron chi connectivity index (χ1n) is 8.23. The Bertz CT molecular complexity index is 473. The van der Waals surface area contributed by atoms with E-state index < -0.39 is 0 Å². The molecule has 0 aromatic carbocycles. The minimum absolute atomic E-state index is 0.00170. The Kier molecular flexibility index (Phi) is 2.92. The predicted octanol–water partition coefficient (Wildman–Crippen LogP) is 2.55. The fourth-order valence-corrected chi connectivity index (χ4v) is 5.83. The van der Waals surface area contributed by atoms with Gasteiger partial charge in [0.2, 0.25) is 0 Å². The molecule has 1 aromatic rings. The molecular formula is C16H25N3O. The monoisotopic (exact) mass is 275 g/mol. The van der Waals surface area contributed by atoms with Crippen LogP contribution in [0.5, 0.6) is 0 Å². The number of hydrogen-bond acceptors (Lipinski definition) is 3. The molecule has 0 saturated heterocycles. The van der Waals surface area contributed by atoms with Gasteiger partial charge >= 0.3 is 0 Å². The summed E-state index contributed by atoms with van der Waals surface area (Å²) in [5, 5.41) is 17.9. The molecule has 0 aliphatic heterocycles. The fraction of sp³-hybridized carbons (Fsp3) is 0.875. The van der Waals surface area contributed by atoms with Crippen LogP contribution in [0.4, 0.5) is 0 Å². The van der Waals surface area contributed by atoms with Crippen molar-refractivity contribution in [3.8, 4) is 0 Å². The molecule has 20 heavy (non-hydrogen) atoms. The van der Waals surface area contributed by atoms with Crippen molar-refractivity contribution in [2.75, 3.05) is 0 Å². The van der Waals surface area contributed by atoms with Gasteiger partial charge in [0.05, 0.1) is 0 Å². The van der Waals surface area contributed by atoms with Gasteiger partial charge in [0.1, 0.15) is 12.4 Å². The van der Waals surface area contributed by atoms with Crippen molar-refractivity contribution in [1.82, 2.24) is 14.8 Å². The van der Waals surface area contributed by atoms with E-state index in [2.05, 4.69) is 21.7 Å². The summed E-state index contributed by atoms with van der Waals surface area (Å²) in [5.74, 6) is 4.79. The van der Waals surface area contributed by atoms with Crippen LogP contribution in [0, 0.1) is 23.2 Å². The second-order valence-electron chi connectivity index (χ2n) is 7.53. The Labute approximate surface area is 120 Å². The van der Waals surface area contributed by atoms with Gasteiger partial charge in [-0.15, -0.1) is 10.2 Å². The number of aromatic nitrogens is 3. The standard InChI is InChI=1S/C16H25N3O/c1-2-19-14(17-18-15(19)10-20)9-16-6-11-3-12(7-16)5-13(4-11)8-16/h11-13,20H,2-10H2,1H3. The maximum absolute atomic E-state index is 9.37. The lowest BCUT2D eigenvalue weighted by molar-refractivity contribution is -0.0536. The van der Waals surface area contributed by atoms with Crippen LogP contribution in [0.2, 0.25) is 0 Å². The molecule has 4 fully saturated rings. The van der Waals surface area contributed by atoms with E-state index >= 15 is 0 Å². The first kappa shape index (κ1) is 12.8. The van der Waals surface area contributed by atoms with Gasteiger partial charge < -0.3 is 9.67 Å². The summed E-state index contributed by atoms with van der Waals surface area (Å²) >= 11 is 0. The molecular weight excluding hydrogens is 250 g/mol. The first-order chi connectivity index (χ1) is 9.71. The van der Waals surface area contributed by atoms with E-state index in [1.165, 1.54) is 38.5 Å². The summed E-state index contributed by atoms with van der Waals surface area (Å²) in [4.78, 5) is 0. The smallest absolute Gasteiger partial charge is 0.158 e. The van der Waals surface area contributed by atoms with Gasteiger partial charge in [-0.1, -0.05) is 0 Å². The van der Waals surface area contributed by atoms with Crippen molar-refractivity contribution in [2.45, 2.75) is 65.0 Å². The van der Waals surface area contributed by atoms with Gasteiger partial charge in [-0.2, -0.15) is 0 Å². The zero-order valence-corrected chi connectivity index (χ0v) is 12.4. The lowest BCUT2D eigenvalue weighted by atomic mass is 9.49. The van der Waals surface area contributed by atoms with Crippen LogP contribution in [-0.2, 0) is 19.6 Å². The molecule has 4 bridgehead atoms. The van der Waals surface area contributed by atoms with E-state index in [1.54, 1.807) is 0 Å². The molecule has 0 unspecified atom stereocenters. The lowest BCUT2D eigenvalue weighted by Gasteiger charge is -2.56. The highest BCUT2D eigenvalue weighted by Gasteiger charge is 2.51. The van der Waals surface area contributed by atoms with Crippen LogP contribution in [0.25, 0.3) is 0 Å². The van der Waals surface area contributed by atoms with Gasteiger partial charge in [-0.3, -0.25) is 0 Å². The zero-order valence-electron chi connectivity index (χ0n) is 12.4. The van der Waals surface area contributed by atoms with Crippen molar-refractivity contribution in [3.05, 3.63) is 11.6 Å². The number of hydrogen-bond donors (Lipinski definition) is 1. The van der Waals surface area contributed by atoms with Crippen molar-refractivity contribution in [2.24, 2.45) is 23.2 Å². The van der Waals surface area contributed by atoms with Crippen molar-refractivity contribution >= 4 is 0 Å². The first-order valence-corrected chi connectivity index (χ1v) is 8.23. The highest BCUT2D eigenvalue weighted by molar-refractivity contribution is 5.07. The normalized spacial score (nSPS) is 38.6. The quantitative estimate of drug-likeness (QED) is 0.918. The lowest BCUT2D eigenvalue weighted by Crippen LogP contribution is -2.47. The van der Waals surface area contributed by atoms with Crippen LogP contribution in [-0.4, -0.2) is 19.9 Å². The summed E-state index contributed by atoms with van der Waals surface area (Å²) < 4.78 is 2.12. The van der Waals surface area contributed by atoms with Crippen LogP contribution in [0.1, 0.15) is 57.1 Å². The second kappa shape index (κ2) is 4.55. The molecule has 5 rings (SSSR count). The third kappa shape index (κ3) is 1.92. The van der Waals surface area contributed by atoms with Crippen LogP contribution >= 0.6 is 0 Å². The van der Waals surface area contributed by atoms with Gasteiger partial charge in [0, 0.05) is 13.0 Å². The summed E-state index contributed by atoms with van der Waals surface area (Å²) in [6, 6.07) is 0. The van der Waals surface area contributed by atoms with Crippen molar-refractivity contribution in [3.63, 3.8) is 0 Å². The van der Waals surface area contributed by atoms with E-state index in [-0.39, 0.29) is 6.61 Å². The maximum atomic E-state index is 9.37. The summed E-state index contributed by atoms with van der Waals surface area (Å²) in [5.41, 5.74) is 0.501. The van der Waals surface area contributed by atoms with E-state index in [4.69, 9.17) is 0 Å². The molecule has 110 valence electrons. The third-order valence-corrected chi connectivity index (χ3v) is 6.06. The summed E-state index contributed by atoms with van der Waals surface area (Å²) in [7, 11) is 0. The molecule has 0 amide bonds. The Morgan fingerprint density at radius 3 is 2.10 bits per heavy atom. The highest BCUT2D eigenvalue weighted by Crippen LogP contribution is 2.60. The van der Waals surface area contributed by atoms with Crippen LogP contribution < -0.4 is 0 Å². The van der Waals surface area contributed by atoms with E-state index in [9.17, 15) is 5.11 Å². The molecule has 1 aromatic heterocycles. The largest absolute Gasteiger partial charge is 0.388 e.